The lowest BCUT2D eigenvalue weighted by Crippen LogP contribution is -2.30. The Kier molecular flexibility index (Phi) is 12.6. The van der Waals surface area contributed by atoms with E-state index in [2.05, 4.69) is 41.7 Å². The molecule has 2 aliphatic carbocycles. The topological polar surface area (TPSA) is 182 Å². The molecule has 0 radical (unpaired) electrons. The van der Waals surface area contributed by atoms with Gasteiger partial charge in [0.15, 0.2) is 6.29 Å². The second-order valence-electron chi connectivity index (χ2n) is 16.1. The molecule has 2 aliphatic heterocycles. The zero-order valence-electron chi connectivity index (χ0n) is 34.5. The average molecular weight is 843 g/mol. The van der Waals surface area contributed by atoms with Crippen molar-refractivity contribution in [2.45, 2.75) is 57.2 Å². The highest BCUT2D eigenvalue weighted by Crippen LogP contribution is 2.32. The first-order valence-corrected chi connectivity index (χ1v) is 21.0. The predicted octanol–water partition coefficient (Wildman–Crippen LogP) is 7.78. The lowest BCUT2D eigenvalue weighted by molar-refractivity contribution is -0.385. The van der Waals surface area contributed by atoms with E-state index in [9.17, 15) is 34.6 Å². The molecule has 2 heterocycles. The zero-order valence-corrected chi connectivity index (χ0v) is 34.5. The van der Waals surface area contributed by atoms with Crippen LogP contribution in [0.5, 0.6) is 0 Å². The molecule has 10 rings (SSSR count). The summed E-state index contributed by atoms with van der Waals surface area (Å²) in [5.74, 6) is -0.496. The maximum atomic E-state index is 13.1. The van der Waals surface area contributed by atoms with Crippen LogP contribution in [0.25, 0.3) is 0 Å². The fourth-order valence-electron chi connectivity index (χ4n) is 8.91. The van der Waals surface area contributed by atoms with Gasteiger partial charge in [-0.3, -0.25) is 34.6 Å². The minimum atomic E-state index is -0.654. The van der Waals surface area contributed by atoms with Crippen molar-refractivity contribution in [3.05, 3.63) is 209 Å². The smallest absolute Gasteiger partial charge is 0.280 e. The number of fused-ring (bicyclic) bond motifs is 4. The molecule has 13 nitrogen and oxygen atoms in total. The molecular weight excluding hydrogens is 797 g/mol. The SMILES string of the molecule is NC1Cc2ccccc2C1.O=C(c1ccc(CNC2Cc3ccccc3C2)c([N+](=O)[O-])c1)N1CCc2ccccc21.O=Cc1ccc(C(=O)N2CCc3ccccc32)cc1[N+](=O)[O-]. The lowest BCUT2D eigenvalue weighted by atomic mass is 10.1. The van der Waals surface area contributed by atoms with Crippen LogP contribution < -0.4 is 20.9 Å². The van der Waals surface area contributed by atoms with Crippen LogP contribution in [-0.2, 0) is 45.1 Å². The van der Waals surface area contributed by atoms with Crippen LogP contribution in [0.3, 0.4) is 0 Å². The van der Waals surface area contributed by atoms with Crippen molar-refractivity contribution in [2.75, 3.05) is 22.9 Å². The predicted molar refractivity (Wildman–Crippen MR) is 242 cm³/mol. The Labute approximate surface area is 364 Å². The number of carbonyl (C=O) groups is 3. The quantitative estimate of drug-likeness (QED) is 0.0879. The van der Waals surface area contributed by atoms with Crippen molar-refractivity contribution < 1.29 is 24.2 Å². The largest absolute Gasteiger partial charge is 0.327 e. The lowest BCUT2D eigenvalue weighted by Gasteiger charge is -2.18. The number of hydrogen-bond donors (Lipinski definition) is 2. The number of nitrogens with zero attached hydrogens (tertiary/aromatic N) is 4. The summed E-state index contributed by atoms with van der Waals surface area (Å²) < 4.78 is 0. The number of nitrogens with one attached hydrogen (secondary N) is 1. The molecular formula is C50H46N6O7. The van der Waals surface area contributed by atoms with E-state index in [-0.39, 0.29) is 40.4 Å². The van der Waals surface area contributed by atoms with Gasteiger partial charge in [-0.15, -0.1) is 0 Å². The molecule has 63 heavy (non-hydrogen) atoms. The molecule has 3 N–H and O–H groups in total. The highest BCUT2D eigenvalue weighted by Gasteiger charge is 2.29. The van der Waals surface area contributed by atoms with E-state index in [4.69, 9.17) is 5.73 Å². The molecule has 6 aromatic rings. The van der Waals surface area contributed by atoms with Gasteiger partial charge in [-0.1, -0.05) is 91.0 Å². The molecule has 0 unspecified atom stereocenters. The van der Waals surface area contributed by atoms with Crippen LogP contribution in [-0.4, -0.2) is 53.1 Å². The summed E-state index contributed by atoms with van der Waals surface area (Å²) in [6.45, 7) is 1.54. The van der Waals surface area contributed by atoms with Crippen molar-refractivity contribution in [1.29, 1.82) is 0 Å². The Morgan fingerprint density at radius 3 is 1.51 bits per heavy atom. The molecule has 318 valence electrons. The number of carbonyl (C=O) groups excluding carboxylic acids is 3. The molecule has 0 fully saturated rings. The third-order valence-corrected chi connectivity index (χ3v) is 12.1. The molecule has 4 aliphatic rings. The minimum Gasteiger partial charge on any atom is -0.327 e. The van der Waals surface area contributed by atoms with Crippen LogP contribution >= 0.6 is 0 Å². The van der Waals surface area contributed by atoms with Crippen molar-refractivity contribution in [3.63, 3.8) is 0 Å². The first-order valence-electron chi connectivity index (χ1n) is 21.0. The summed E-state index contributed by atoms with van der Waals surface area (Å²) >= 11 is 0. The van der Waals surface area contributed by atoms with Crippen LogP contribution in [0.15, 0.2) is 133 Å². The summed E-state index contributed by atoms with van der Waals surface area (Å²) in [7, 11) is 0. The number of rotatable bonds is 8. The number of anilines is 2. The Balaban J connectivity index is 0.000000147. The number of nitrogens with two attached hydrogens (primary N) is 1. The van der Waals surface area contributed by atoms with Gasteiger partial charge < -0.3 is 20.9 Å². The van der Waals surface area contributed by atoms with E-state index in [0.29, 0.717) is 43.1 Å². The van der Waals surface area contributed by atoms with Gasteiger partial charge in [-0.05, 0) is 102 Å². The van der Waals surface area contributed by atoms with Gasteiger partial charge in [0.25, 0.3) is 23.2 Å². The second-order valence-corrected chi connectivity index (χ2v) is 16.1. The first-order chi connectivity index (χ1) is 30.6. The van der Waals surface area contributed by atoms with Gasteiger partial charge in [-0.2, -0.15) is 0 Å². The van der Waals surface area contributed by atoms with E-state index in [1.54, 1.807) is 21.9 Å². The molecule has 0 aromatic heterocycles. The van der Waals surface area contributed by atoms with Crippen LogP contribution in [0.4, 0.5) is 22.7 Å². The number of nitro groups is 2. The van der Waals surface area contributed by atoms with Crippen molar-refractivity contribution >= 4 is 40.9 Å². The normalized spacial score (nSPS) is 14.6. The Morgan fingerprint density at radius 1 is 0.603 bits per heavy atom. The molecule has 0 spiro atoms. The van der Waals surface area contributed by atoms with Crippen LogP contribution in [0, 0.1) is 20.2 Å². The van der Waals surface area contributed by atoms with E-state index >= 15 is 0 Å². The summed E-state index contributed by atoms with van der Waals surface area (Å²) in [6.07, 6.45) is 5.96. The number of amides is 2. The van der Waals surface area contributed by atoms with Gasteiger partial charge in [0, 0.05) is 71.9 Å². The molecule has 2 amide bonds. The fraction of sp³-hybridized carbons (Fsp3) is 0.220. The van der Waals surface area contributed by atoms with Crippen molar-refractivity contribution in [2.24, 2.45) is 5.73 Å². The Hall–Kier alpha value is -7.35. The van der Waals surface area contributed by atoms with E-state index in [1.807, 2.05) is 60.7 Å². The highest BCUT2D eigenvalue weighted by atomic mass is 16.6. The number of nitro benzene ring substituents is 2. The van der Waals surface area contributed by atoms with Crippen LogP contribution in [0.2, 0.25) is 0 Å². The molecule has 0 saturated heterocycles. The summed E-state index contributed by atoms with van der Waals surface area (Å²) in [5, 5.41) is 26.2. The third-order valence-electron chi connectivity index (χ3n) is 12.1. The number of aldehydes is 1. The monoisotopic (exact) mass is 842 g/mol. The third kappa shape index (κ3) is 9.30. The minimum absolute atomic E-state index is 0.0126. The summed E-state index contributed by atoms with van der Waals surface area (Å²) in [5.41, 5.74) is 16.0. The number of hydrogen-bond acceptors (Lipinski definition) is 9. The number of para-hydroxylation sites is 2. The van der Waals surface area contributed by atoms with Gasteiger partial charge in [-0.25, -0.2) is 0 Å². The maximum Gasteiger partial charge on any atom is 0.280 e. The second kappa shape index (κ2) is 18.7. The van der Waals surface area contributed by atoms with Gasteiger partial charge in [0.1, 0.15) is 0 Å². The van der Waals surface area contributed by atoms with E-state index < -0.39 is 9.85 Å². The van der Waals surface area contributed by atoms with Crippen molar-refractivity contribution in [3.8, 4) is 0 Å². The molecule has 13 heteroatoms. The first kappa shape index (κ1) is 42.3. The fourth-order valence-corrected chi connectivity index (χ4v) is 8.91. The highest BCUT2D eigenvalue weighted by molar-refractivity contribution is 6.08. The summed E-state index contributed by atoms with van der Waals surface area (Å²) in [4.78, 5) is 61.5. The Morgan fingerprint density at radius 2 is 1.03 bits per heavy atom. The number of benzene rings is 6. The standard InChI is InChI=1S/C25H23N3O3.C16H12N2O4.C9H11N/c29-25(27-12-11-17-5-3-4-8-23(17)27)20-9-10-21(24(15-20)28(30)31)16-26-22-13-18-6-1-2-7-19(18)14-22;19-10-13-6-5-12(9-15(13)18(21)22)16(20)17-8-7-11-3-1-2-4-14(11)17;10-9-5-7-3-1-2-4-8(7)6-9/h1-10,15,22,26H,11-14,16H2;1-6,9-10H,7-8H2;1-4,9H,5-6,10H2. The van der Waals surface area contributed by atoms with E-state index in [0.717, 1.165) is 67.1 Å². The zero-order chi connectivity index (χ0) is 44.0. The summed E-state index contributed by atoms with van der Waals surface area (Å²) in [6, 6.07) is 41.6. The van der Waals surface area contributed by atoms with Gasteiger partial charge >= 0.3 is 0 Å². The van der Waals surface area contributed by atoms with Crippen molar-refractivity contribution in [1.82, 2.24) is 5.32 Å². The average Bonchev–Trinajstić information content (AvgIpc) is 4.12. The van der Waals surface area contributed by atoms with Gasteiger partial charge in [0.2, 0.25) is 0 Å². The van der Waals surface area contributed by atoms with E-state index in [1.165, 1.54) is 40.5 Å². The maximum absolute atomic E-state index is 13.1. The molecule has 0 bridgehead atoms. The Bertz CT molecular complexity index is 2690. The van der Waals surface area contributed by atoms with Gasteiger partial charge in [0.05, 0.1) is 15.4 Å². The molecule has 6 aromatic carbocycles. The molecule has 0 saturated carbocycles. The van der Waals surface area contributed by atoms with Crippen LogP contribution in [0.1, 0.15) is 70.0 Å². The molecule has 0 atom stereocenters.